The second kappa shape index (κ2) is 6.03. The quantitative estimate of drug-likeness (QED) is 0.879. The van der Waals surface area contributed by atoms with E-state index in [-0.39, 0.29) is 0 Å². The zero-order chi connectivity index (χ0) is 14.7. The molecule has 0 atom stereocenters. The van der Waals surface area contributed by atoms with Crippen molar-refractivity contribution in [3.05, 3.63) is 24.3 Å². The van der Waals surface area contributed by atoms with Gasteiger partial charge in [-0.3, -0.25) is 0 Å². The number of ether oxygens (including phenoxy) is 1. The summed E-state index contributed by atoms with van der Waals surface area (Å²) in [6, 6.07) is 1.91. The van der Waals surface area contributed by atoms with Gasteiger partial charge in [-0.1, -0.05) is 6.92 Å². The first-order valence-corrected chi connectivity index (χ1v) is 7.30. The maximum Gasteiger partial charge on any atom is 0.241 e. The van der Waals surface area contributed by atoms with Gasteiger partial charge in [0, 0.05) is 30.9 Å². The Bertz CT molecular complexity index is 627. The average molecular weight is 285 g/mol. The van der Waals surface area contributed by atoms with Gasteiger partial charge in [0.1, 0.15) is 17.3 Å². The van der Waals surface area contributed by atoms with E-state index >= 15 is 0 Å². The predicted octanol–water partition coefficient (Wildman–Crippen LogP) is 2.64. The van der Waals surface area contributed by atoms with Gasteiger partial charge in [0.05, 0.1) is 7.11 Å². The summed E-state index contributed by atoms with van der Waals surface area (Å²) in [5.41, 5.74) is 1.42. The highest BCUT2D eigenvalue weighted by Gasteiger charge is 2.28. The summed E-state index contributed by atoms with van der Waals surface area (Å²) in [5.74, 6) is 2.70. The van der Waals surface area contributed by atoms with E-state index in [9.17, 15) is 0 Å². The molecule has 1 aliphatic carbocycles. The second-order valence-electron chi connectivity index (χ2n) is 5.11. The first-order chi connectivity index (χ1) is 10.3. The summed E-state index contributed by atoms with van der Waals surface area (Å²) in [4.78, 5) is 17.8. The lowest BCUT2D eigenvalue weighted by Gasteiger charge is -2.10. The first-order valence-electron chi connectivity index (χ1n) is 7.30. The Morgan fingerprint density at radius 3 is 2.76 bits per heavy atom. The Kier molecular flexibility index (Phi) is 3.94. The third kappa shape index (κ3) is 3.09. The molecule has 0 amide bonds. The van der Waals surface area contributed by atoms with E-state index < -0.39 is 0 Å². The van der Waals surface area contributed by atoms with Gasteiger partial charge in [0.15, 0.2) is 5.69 Å². The Morgan fingerprint density at radius 2 is 2.05 bits per heavy atom. The molecule has 6 heteroatoms. The van der Waals surface area contributed by atoms with Crippen molar-refractivity contribution in [1.29, 1.82) is 0 Å². The normalized spacial score (nSPS) is 14.0. The summed E-state index contributed by atoms with van der Waals surface area (Å²) in [5, 5.41) is 3.32. The van der Waals surface area contributed by atoms with E-state index in [1.165, 1.54) is 0 Å². The first kappa shape index (κ1) is 13.7. The molecule has 0 spiro atoms. The molecule has 1 saturated carbocycles. The molecule has 2 aromatic heterocycles. The number of methoxy groups -OCH3 is 1. The molecule has 2 aromatic rings. The van der Waals surface area contributed by atoms with Crippen LogP contribution in [0.1, 0.15) is 37.9 Å². The minimum absolute atomic E-state index is 0.481. The van der Waals surface area contributed by atoms with E-state index in [2.05, 4.69) is 32.2 Å². The summed E-state index contributed by atoms with van der Waals surface area (Å²) < 4.78 is 5.28. The molecule has 1 aliphatic rings. The zero-order valence-corrected chi connectivity index (χ0v) is 12.3. The molecule has 3 rings (SSSR count). The third-order valence-corrected chi connectivity index (χ3v) is 3.34. The molecule has 110 valence electrons. The monoisotopic (exact) mass is 285 g/mol. The number of nitrogens with one attached hydrogen (secondary N) is 1. The van der Waals surface area contributed by atoms with Crippen molar-refractivity contribution in [2.24, 2.45) is 0 Å². The van der Waals surface area contributed by atoms with Crippen LogP contribution in [-0.2, 0) is 0 Å². The van der Waals surface area contributed by atoms with Crippen LogP contribution in [0.2, 0.25) is 0 Å². The van der Waals surface area contributed by atoms with Crippen LogP contribution in [-0.4, -0.2) is 33.6 Å². The highest BCUT2D eigenvalue weighted by molar-refractivity contribution is 5.63. The minimum Gasteiger partial charge on any atom is -0.479 e. The van der Waals surface area contributed by atoms with Crippen molar-refractivity contribution in [2.45, 2.75) is 32.1 Å². The lowest BCUT2D eigenvalue weighted by molar-refractivity contribution is 0.397. The molecule has 0 saturated heterocycles. The van der Waals surface area contributed by atoms with E-state index in [0.717, 1.165) is 43.1 Å². The maximum atomic E-state index is 5.28. The van der Waals surface area contributed by atoms with Crippen LogP contribution in [0, 0.1) is 0 Å². The molecule has 1 N–H and O–H groups in total. The van der Waals surface area contributed by atoms with Gasteiger partial charge < -0.3 is 10.1 Å². The smallest absolute Gasteiger partial charge is 0.241 e. The van der Waals surface area contributed by atoms with E-state index in [1.807, 2.05) is 6.07 Å². The van der Waals surface area contributed by atoms with Crippen LogP contribution < -0.4 is 10.1 Å². The summed E-state index contributed by atoms with van der Waals surface area (Å²) in [6.07, 6.45) is 6.63. The number of hydrogen-bond donors (Lipinski definition) is 1. The van der Waals surface area contributed by atoms with Crippen LogP contribution >= 0.6 is 0 Å². The fourth-order valence-electron chi connectivity index (χ4n) is 2.11. The SMILES string of the molecule is CCCNc1cc(-c2nccnc2OC)nc(C2CC2)n1. The summed E-state index contributed by atoms with van der Waals surface area (Å²) in [7, 11) is 1.59. The van der Waals surface area contributed by atoms with Gasteiger partial charge in [-0.25, -0.2) is 19.9 Å². The van der Waals surface area contributed by atoms with E-state index in [4.69, 9.17) is 4.74 Å². The van der Waals surface area contributed by atoms with Gasteiger partial charge in [-0.05, 0) is 19.3 Å². The standard InChI is InChI=1S/C15H19N5O/c1-3-6-16-12-9-11(19-14(20-12)10-4-5-10)13-15(21-2)18-8-7-17-13/h7-10H,3-6H2,1-2H3,(H,16,19,20). The molecular formula is C15H19N5O. The number of rotatable bonds is 6. The van der Waals surface area contributed by atoms with Gasteiger partial charge in [-0.15, -0.1) is 0 Å². The minimum atomic E-state index is 0.481. The van der Waals surface area contributed by atoms with Crippen molar-refractivity contribution in [1.82, 2.24) is 19.9 Å². The largest absolute Gasteiger partial charge is 0.479 e. The van der Waals surface area contributed by atoms with Crippen molar-refractivity contribution in [3.8, 4) is 17.3 Å². The lowest BCUT2D eigenvalue weighted by Crippen LogP contribution is -2.06. The molecule has 0 aliphatic heterocycles. The van der Waals surface area contributed by atoms with Crippen molar-refractivity contribution in [3.63, 3.8) is 0 Å². The van der Waals surface area contributed by atoms with Gasteiger partial charge in [0.25, 0.3) is 0 Å². The fourth-order valence-corrected chi connectivity index (χ4v) is 2.11. The Morgan fingerprint density at radius 1 is 1.24 bits per heavy atom. The number of hydrogen-bond acceptors (Lipinski definition) is 6. The molecule has 2 heterocycles. The molecular weight excluding hydrogens is 266 g/mol. The van der Waals surface area contributed by atoms with Gasteiger partial charge >= 0.3 is 0 Å². The molecule has 0 radical (unpaired) electrons. The van der Waals surface area contributed by atoms with Crippen molar-refractivity contribution >= 4 is 5.82 Å². The molecule has 1 fully saturated rings. The number of anilines is 1. The van der Waals surface area contributed by atoms with Crippen molar-refractivity contribution < 1.29 is 4.74 Å². The second-order valence-corrected chi connectivity index (χ2v) is 5.11. The van der Waals surface area contributed by atoms with Crippen LogP contribution in [0.15, 0.2) is 18.5 Å². The Balaban J connectivity index is 2.01. The van der Waals surface area contributed by atoms with Crippen molar-refractivity contribution in [2.75, 3.05) is 19.0 Å². The van der Waals surface area contributed by atoms with Crippen LogP contribution in [0.3, 0.4) is 0 Å². The number of aromatic nitrogens is 4. The average Bonchev–Trinajstić information content (AvgIpc) is 3.37. The molecule has 6 nitrogen and oxygen atoms in total. The fraction of sp³-hybridized carbons (Fsp3) is 0.467. The maximum absolute atomic E-state index is 5.28. The molecule has 0 aromatic carbocycles. The van der Waals surface area contributed by atoms with E-state index in [1.54, 1.807) is 19.5 Å². The lowest BCUT2D eigenvalue weighted by atomic mass is 10.2. The summed E-state index contributed by atoms with van der Waals surface area (Å²) >= 11 is 0. The van der Waals surface area contributed by atoms with Crippen LogP contribution in [0.5, 0.6) is 5.88 Å². The van der Waals surface area contributed by atoms with E-state index in [0.29, 0.717) is 17.5 Å². The highest BCUT2D eigenvalue weighted by atomic mass is 16.5. The Labute approximate surface area is 124 Å². The van der Waals surface area contributed by atoms with Crippen LogP contribution in [0.4, 0.5) is 5.82 Å². The van der Waals surface area contributed by atoms with Crippen LogP contribution in [0.25, 0.3) is 11.4 Å². The molecule has 0 bridgehead atoms. The third-order valence-electron chi connectivity index (χ3n) is 3.34. The van der Waals surface area contributed by atoms with Gasteiger partial charge in [-0.2, -0.15) is 0 Å². The van der Waals surface area contributed by atoms with Gasteiger partial charge in [0.2, 0.25) is 5.88 Å². The Hall–Kier alpha value is -2.24. The molecule has 0 unspecified atom stereocenters. The summed E-state index contributed by atoms with van der Waals surface area (Å²) in [6.45, 7) is 3.01. The molecule has 21 heavy (non-hydrogen) atoms. The predicted molar refractivity (Wildman–Crippen MR) is 80.4 cm³/mol. The zero-order valence-electron chi connectivity index (χ0n) is 12.3. The topological polar surface area (TPSA) is 72.8 Å². The highest BCUT2D eigenvalue weighted by Crippen LogP contribution is 2.39. The number of nitrogens with zero attached hydrogens (tertiary/aromatic N) is 4.